The molecule has 0 aromatic heterocycles. The fraction of sp³-hybridized carbons (Fsp3) is 0.812. The molecule has 0 spiro atoms. The number of amides is 2. The van der Waals surface area contributed by atoms with Crippen molar-refractivity contribution in [1.82, 2.24) is 9.80 Å². The first-order valence-electron chi connectivity index (χ1n) is 8.17. The van der Waals surface area contributed by atoms with Crippen LogP contribution in [0.1, 0.15) is 39.5 Å². The third-order valence-corrected chi connectivity index (χ3v) is 3.91. The van der Waals surface area contributed by atoms with E-state index in [1.807, 2.05) is 13.8 Å². The SMILES string of the molecule is CC(C)OCCCC(=O)N(C)CC(=O)N1CCCC(C(=O)O)C1. The molecule has 0 aromatic carbocycles. The molecule has 1 rings (SSSR count). The summed E-state index contributed by atoms with van der Waals surface area (Å²) < 4.78 is 5.38. The molecule has 0 aliphatic carbocycles. The van der Waals surface area contributed by atoms with Gasteiger partial charge in [-0.1, -0.05) is 0 Å². The minimum atomic E-state index is -0.864. The Kier molecular flexibility index (Phi) is 8.02. The molecule has 0 saturated carbocycles. The van der Waals surface area contributed by atoms with E-state index in [-0.39, 0.29) is 31.0 Å². The van der Waals surface area contributed by atoms with Crippen LogP contribution in [-0.4, -0.2) is 72.1 Å². The van der Waals surface area contributed by atoms with E-state index >= 15 is 0 Å². The van der Waals surface area contributed by atoms with Crippen molar-refractivity contribution in [3.05, 3.63) is 0 Å². The minimum Gasteiger partial charge on any atom is -0.481 e. The number of nitrogens with zero attached hydrogens (tertiary/aromatic N) is 2. The summed E-state index contributed by atoms with van der Waals surface area (Å²) in [5.74, 6) is -1.65. The van der Waals surface area contributed by atoms with E-state index in [0.717, 1.165) is 0 Å². The number of hydrogen-bond acceptors (Lipinski definition) is 4. The van der Waals surface area contributed by atoms with Crippen LogP contribution in [0.2, 0.25) is 0 Å². The summed E-state index contributed by atoms with van der Waals surface area (Å²) in [4.78, 5) is 38.2. The van der Waals surface area contributed by atoms with Gasteiger partial charge in [0.05, 0.1) is 18.6 Å². The van der Waals surface area contributed by atoms with E-state index < -0.39 is 11.9 Å². The van der Waals surface area contributed by atoms with Crippen LogP contribution >= 0.6 is 0 Å². The second-order valence-electron chi connectivity index (χ2n) is 6.29. The lowest BCUT2D eigenvalue weighted by molar-refractivity contribution is -0.147. The molecule has 132 valence electrons. The molecule has 0 bridgehead atoms. The third-order valence-electron chi connectivity index (χ3n) is 3.91. The van der Waals surface area contributed by atoms with Crippen molar-refractivity contribution in [2.45, 2.75) is 45.6 Å². The summed E-state index contributed by atoms with van der Waals surface area (Å²) in [5.41, 5.74) is 0. The summed E-state index contributed by atoms with van der Waals surface area (Å²) in [6.07, 6.45) is 2.40. The topological polar surface area (TPSA) is 87.2 Å². The molecule has 1 atom stereocenters. The fourth-order valence-electron chi connectivity index (χ4n) is 2.53. The molecule has 1 fully saturated rings. The fourth-order valence-corrected chi connectivity index (χ4v) is 2.53. The third kappa shape index (κ3) is 6.99. The van der Waals surface area contributed by atoms with Crippen LogP contribution in [-0.2, 0) is 19.1 Å². The summed E-state index contributed by atoms with van der Waals surface area (Å²) >= 11 is 0. The van der Waals surface area contributed by atoms with Crippen LogP contribution in [0.25, 0.3) is 0 Å². The molecule has 23 heavy (non-hydrogen) atoms. The number of carbonyl (C=O) groups excluding carboxylic acids is 2. The molecular weight excluding hydrogens is 300 g/mol. The molecule has 2 amide bonds. The average Bonchev–Trinajstić information content (AvgIpc) is 2.51. The minimum absolute atomic E-state index is 0.00376. The molecule has 1 heterocycles. The second-order valence-corrected chi connectivity index (χ2v) is 6.29. The Morgan fingerprint density at radius 2 is 2.04 bits per heavy atom. The Labute approximate surface area is 137 Å². The van der Waals surface area contributed by atoms with Crippen LogP contribution in [0.4, 0.5) is 0 Å². The Hall–Kier alpha value is -1.63. The number of rotatable bonds is 8. The molecule has 1 aliphatic rings. The molecule has 7 nitrogen and oxygen atoms in total. The number of likely N-dealkylation sites (N-methyl/N-ethyl adjacent to an activating group) is 1. The Morgan fingerprint density at radius 1 is 1.35 bits per heavy atom. The summed E-state index contributed by atoms with van der Waals surface area (Å²) in [6.45, 7) is 5.20. The molecule has 0 radical (unpaired) electrons. The van der Waals surface area contributed by atoms with Gasteiger partial charge in [0.15, 0.2) is 0 Å². The van der Waals surface area contributed by atoms with Gasteiger partial charge in [-0.3, -0.25) is 14.4 Å². The van der Waals surface area contributed by atoms with Crippen LogP contribution in [0.15, 0.2) is 0 Å². The van der Waals surface area contributed by atoms with Gasteiger partial charge in [-0.15, -0.1) is 0 Å². The van der Waals surface area contributed by atoms with Gasteiger partial charge in [0.25, 0.3) is 0 Å². The highest BCUT2D eigenvalue weighted by Crippen LogP contribution is 2.16. The molecular formula is C16H28N2O5. The van der Waals surface area contributed by atoms with Crippen molar-refractivity contribution in [3.63, 3.8) is 0 Å². The van der Waals surface area contributed by atoms with E-state index in [0.29, 0.717) is 38.8 Å². The first kappa shape index (κ1) is 19.4. The lowest BCUT2D eigenvalue weighted by atomic mass is 9.98. The Morgan fingerprint density at radius 3 is 2.65 bits per heavy atom. The van der Waals surface area contributed by atoms with Crippen LogP contribution in [0, 0.1) is 5.92 Å². The molecule has 0 aromatic rings. The summed E-state index contributed by atoms with van der Waals surface area (Å²) in [6, 6.07) is 0. The normalized spacial score (nSPS) is 18.1. The van der Waals surface area contributed by atoms with Gasteiger partial charge in [0, 0.05) is 33.2 Å². The number of hydrogen-bond donors (Lipinski definition) is 1. The number of ether oxygens (including phenoxy) is 1. The van der Waals surface area contributed by atoms with E-state index in [1.54, 1.807) is 11.9 Å². The number of carboxylic acids is 1. The van der Waals surface area contributed by atoms with Gasteiger partial charge < -0.3 is 19.6 Å². The smallest absolute Gasteiger partial charge is 0.308 e. The quantitative estimate of drug-likeness (QED) is 0.671. The largest absolute Gasteiger partial charge is 0.481 e. The van der Waals surface area contributed by atoms with E-state index in [9.17, 15) is 14.4 Å². The lowest BCUT2D eigenvalue weighted by Gasteiger charge is -2.32. The van der Waals surface area contributed by atoms with Crippen molar-refractivity contribution in [2.24, 2.45) is 5.92 Å². The zero-order chi connectivity index (χ0) is 17.4. The van der Waals surface area contributed by atoms with Gasteiger partial charge in [0.1, 0.15) is 0 Å². The van der Waals surface area contributed by atoms with Crippen LogP contribution in [0.5, 0.6) is 0 Å². The Balaban J connectivity index is 2.34. The zero-order valence-corrected chi connectivity index (χ0v) is 14.3. The maximum atomic E-state index is 12.2. The first-order chi connectivity index (χ1) is 10.8. The summed E-state index contributed by atoms with van der Waals surface area (Å²) in [5, 5.41) is 9.05. The van der Waals surface area contributed by atoms with Crippen molar-refractivity contribution in [1.29, 1.82) is 0 Å². The molecule has 1 saturated heterocycles. The number of likely N-dealkylation sites (tertiary alicyclic amines) is 1. The molecule has 1 unspecified atom stereocenters. The lowest BCUT2D eigenvalue weighted by Crippen LogP contribution is -2.46. The van der Waals surface area contributed by atoms with Gasteiger partial charge >= 0.3 is 5.97 Å². The highest BCUT2D eigenvalue weighted by molar-refractivity contribution is 5.85. The maximum absolute atomic E-state index is 12.2. The Bertz CT molecular complexity index is 425. The van der Waals surface area contributed by atoms with Crippen molar-refractivity contribution in [3.8, 4) is 0 Å². The van der Waals surface area contributed by atoms with Gasteiger partial charge in [-0.05, 0) is 33.1 Å². The molecule has 7 heteroatoms. The van der Waals surface area contributed by atoms with Crippen molar-refractivity contribution in [2.75, 3.05) is 33.3 Å². The second kappa shape index (κ2) is 9.50. The average molecular weight is 328 g/mol. The van der Waals surface area contributed by atoms with Crippen LogP contribution in [0.3, 0.4) is 0 Å². The predicted octanol–water partition coefficient (Wildman–Crippen LogP) is 0.973. The number of aliphatic carboxylic acids is 1. The van der Waals surface area contributed by atoms with E-state index in [1.165, 1.54) is 4.90 Å². The number of carbonyl (C=O) groups is 3. The monoisotopic (exact) mass is 328 g/mol. The first-order valence-corrected chi connectivity index (χ1v) is 8.17. The van der Waals surface area contributed by atoms with Crippen LogP contribution < -0.4 is 0 Å². The highest BCUT2D eigenvalue weighted by Gasteiger charge is 2.28. The van der Waals surface area contributed by atoms with Crippen molar-refractivity contribution < 1.29 is 24.2 Å². The predicted molar refractivity (Wildman–Crippen MR) is 84.9 cm³/mol. The maximum Gasteiger partial charge on any atom is 0.308 e. The van der Waals surface area contributed by atoms with Gasteiger partial charge in [-0.2, -0.15) is 0 Å². The number of piperidine rings is 1. The highest BCUT2D eigenvalue weighted by atomic mass is 16.5. The summed E-state index contributed by atoms with van der Waals surface area (Å²) in [7, 11) is 1.60. The van der Waals surface area contributed by atoms with Crippen molar-refractivity contribution >= 4 is 17.8 Å². The van der Waals surface area contributed by atoms with Gasteiger partial charge in [-0.25, -0.2) is 0 Å². The standard InChI is InChI=1S/C16H28N2O5/c1-12(2)23-9-5-7-14(19)17(3)11-15(20)18-8-4-6-13(10-18)16(21)22/h12-13H,4-11H2,1-3H3,(H,21,22). The number of carboxylic acid groups (broad SMARTS) is 1. The molecule has 1 aliphatic heterocycles. The zero-order valence-electron chi connectivity index (χ0n) is 14.3. The molecule has 1 N–H and O–H groups in total. The van der Waals surface area contributed by atoms with E-state index in [2.05, 4.69) is 0 Å². The van der Waals surface area contributed by atoms with E-state index in [4.69, 9.17) is 9.84 Å². The van der Waals surface area contributed by atoms with Gasteiger partial charge in [0.2, 0.25) is 11.8 Å².